The predicted octanol–water partition coefficient (Wildman–Crippen LogP) is 5.59. The SMILES string of the molecule is Cc1cc(/C=N\NC(=O)c2ccc(N(Cc3ccccc3)S(C)(=O)=O)cc2)c(C)n1-c1ccc(Br)cc1. The lowest BCUT2D eigenvalue weighted by molar-refractivity contribution is 0.0955. The molecule has 4 aromatic rings. The average Bonchev–Trinajstić information content (AvgIpc) is 3.16. The minimum atomic E-state index is -3.52. The molecule has 9 heteroatoms. The molecule has 1 heterocycles. The van der Waals surface area contributed by atoms with Crippen LogP contribution in [0.1, 0.15) is 32.9 Å². The van der Waals surface area contributed by atoms with E-state index in [9.17, 15) is 13.2 Å². The molecule has 0 unspecified atom stereocenters. The Morgan fingerprint density at radius 1 is 1.00 bits per heavy atom. The van der Waals surface area contributed by atoms with Crippen molar-refractivity contribution in [3.63, 3.8) is 0 Å². The van der Waals surface area contributed by atoms with E-state index in [0.717, 1.165) is 32.7 Å². The van der Waals surface area contributed by atoms with E-state index in [1.165, 1.54) is 10.6 Å². The van der Waals surface area contributed by atoms with Gasteiger partial charge in [-0.3, -0.25) is 9.10 Å². The number of benzene rings is 3. The molecule has 0 saturated carbocycles. The molecule has 0 radical (unpaired) electrons. The van der Waals surface area contributed by atoms with Gasteiger partial charge in [0.05, 0.1) is 24.7 Å². The first kappa shape index (κ1) is 26.4. The monoisotopic (exact) mass is 578 g/mol. The van der Waals surface area contributed by atoms with E-state index in [0.29, 0.717) is 11.3 Å². The van der Waals surface area contributed by atoms with Crippen LogP contribution < -0.4 is 9.73 Å². The fourth-order valence-electron chi connectivity index (χ4n) is 4.06. The molecule has 0 saturated heterocycles. The van der Waals surface area contributed by atoms with E-state index in [2.05, 4.69) is 31.0 Å². The number of hydrazone groups is 1. The first-order valence-electron chi connectivity index (χ1n) is 11.5. The number of aromatic nitrogens is 1. The highest BCUT2D eigenvalue weighted by Gasteiger charge is 2.18. The van der Waals surface area contributed by atoms with Gasteiger partial charge in [-0.05, 0) is 74.0 Å². The molecular weight excluding hydrogens is 552 g/mol. The predicted molar refractivity (Wildman–Crippen MR) is 152 cm³/mol. The zero-order chi connectivity index (χ0) is 26.6. The lowest BCUT2D eigenvalue weighted by atomic mass is 10.2. The first-order valence-corrected chi connectivity index (χ1v) is 14.2. The molecular formula is C28H27BrN4O3S. The normalized spacial score (nSPS) is 11.6. The molecule has 190 valence electrons. The number of nitrogens with one attached hydrogen (secondary N) is 1. The molecule has 3 aromatic carbocycles. The molecule has 0 bridgehead atoms. The molecule has 0 aliphatic heterocycles. The quantitative estimate of drug-likeness (QED) is 0.218. The Labute approximate surface area is 225 Å². The van der Waals surface area contributed by atoms with Crippen molar-refractivity contribution in [2.45, 2.75) is 20.4 Å². The van der Waals surface area contributed by atoms with E-state index in [1.54, 1.807) is 30.5 Å². The van der Waals surface area contributed by atoms with Crippen LogP contribution in [0.4, 0.5) is 5.69 Å². The van der Waals surface area contributed by atoms with Gasteiger partial charge in [-0.15, -0.1) is 0 Å². The van der Waals surface area contributed by atoms with Gasteiger partial charge >= 0.3 is 0 Å². The molecule has 0 atom stereocenters. The number of carbonyl (C=O) groups excluding carboxylic acids is 1. The maximum atomic E-state index is 12.6. The van der Waals surface area contributed by atoms with Gasteiger partial charge in [0.1, 0.15) is 0 Å². The maximum absolute atomic E-state index is 12.6. The van der Waals surface area contributed by atoms with Crippen molar-refractivity contribution in [2.24, 2.45) is 5.10 Å². The molecule has 7 nitrogen and oxygen atoms in total. The van der Waals surface area contributed by atoms with Crippen LogP contribution in [0.5, 0.6) is 0 Å². The molecule has 4 rings (SSSR count). The summed E-state index contributed by atoms with van der Waals surface area (Å²) >= 11 is 3.46. The van der Waals surface area contributed by atoms with Gasteiger partial charge in [-0.1, -0.05) is 46.3 Å². The van der Waals surface area contributed by atoms with Crippen LogP contribution in [0.3, 0.4) is 0 Å². The molecule has 0 aliphatic carbocycles. The number of aryl methyl sites for hydroxylation is 1. The van der Waals surface area contributed by atoms with Gasteiger partial charge in [0.2, 0.25) is 10.0 Å². The first-order chi connectivity index (χ1) is 17.6. The molecule has 0 fully saturated rings. The molecule has 37 heavy (non-hydrogen) atoms. The largest absolute Gasteiger partial charge is 0.318 e. The summed E-state index contributed by atoms with van der Waals surface area (Å²) in [5, 5.41) is 4.14. The van der Waals surface area contributed by atoms with E-state index >= 15 is 0 Å². The highest BCUT2D eigenvalue weighted by molar-refractivity contribution is 9.10. The number of amides is 1. The van der Waals surface area contributed by atoms with Crippen LogP contribution in [-0.4, -0.2) is 31.4 Å². The number of rotatable bonds is 8. The standard InChI is InChI=1S/C28H27BrN4O3S/c1-20-17-24(21(2)33(20)27-15-11-25(29)12-16-27)18-30-31-28(34)23-9-13-26(14-10-23)32(37(3,35)36)19-22-7-5-4-6-8-22/h4-18H,19H2,1-3H3,(H,31,34)/b30-18-. The third-order valence-electron chi connectivity index (χ3n) is 5.91. The van der Waals surface area contributed by atoms with Gasteiger partial charge in [0.15, 0.2) is 0 Å². The number of hydrogen-bond acceptors (Lipinski definition) is 4. The smallest absolute Gasteiger partial charge is 0.271 e. The van der Waals surface area contributed by atoms with Crippen molar-refractivity contribution in [1.82, 2.24) is 9.99 Å². The van der Waals surface area contributed by atoms with Crippen molar-refractivity contribution in [2.75, 3.05) is 10.6 Å². The van der Waals surface area contributed by atoms with Crippen molar-refractivity contribution >= 4 is 43.8 Å². The van der Waals surface area contributed by atoms with Crippen molar-refractivity contribution < 1.29 is 13.2 Å². The number of carbonyl (C=O) groups is 1. The number of nitrogens with zero attached hydrogens (tertiary/aromatic N) is 3. The summed E-state index contributed by atoms with van der Waals surface area (Å²) in [5.74, 6) is -0.390. The zero-order valence-corrected chi connectivity index (χ0v) is 23.1. The molecule has 0 spiro atoms. The van der Waals surface area contributed by atoms with E-state index in [-0.39, 0.29) is 6.54 Å². The average molecular weight is 580 g/mol. The summed E-state index contributed by atoms with van der Waals surface area (Å²) < 4.78 is 29.3. The fraction of sp³-hybridized carbons (Fsp3) is 0.143. The Morgan fingerprint density at radius 2 is 1.65 bits per heavy atom. The van der Waals surface area contributed by atoms with Gasteiger partial charge in [-0.2, -0.15) is 5.10 Å². The van der Waals surface area contributed by atoms with E-state index in [1.807, 2.05) is 74.5 Å². The third-order valence-corrected chi connectivity index (χ3v) is 7.58. The number of hydrogen-bond donors (Lipinski definition) is 1. The minimum Gasteiger partial charge on any atom is -0.318 e. The van der Waals surface area contributed by atoms with Crippen molar-refractivity contribution in [3.05, 3.63) is 117 Å². The van der Waals surface area contributed by atoms with Gasteiger partial charge in [0.25, 0.3) is 5.91 Å². The Kier molecular flexibility index (Phi) is 7.94. The zero-order valence-electron chi connectivity index (χ0n) is 20.7. The van der Waals surface area contributed by atoms with E-state index in [4.69, 9.17) is 0 Å². The Morgan fingerprint density at radius 3 is 2.27 bits per heavy atom. The summed E-state index contributed by atoms with van der Waals surface area (Å²) in [6, 6.07) is 25.8. The lowest BCUT2D eigenvalue weighted by Crippen LogP contribution is -2.29. The topological polar surface area (TPSA) is 83.8 Å². The Bertz CT molecular complexity index is 1530. The maximum Gasteiger partial charge on any atom is 0.271 e. The van der Waals surface area contributed by atoms with E-state index < -0.39 is 15.9 Å². The van der Waals surface area contributed by atoms with Crippen LogP contribution in [0.15, 0.2) is 94.5 Å². The summed E-state index contributed by atoms with van der Waals surface area (Å²) in [6.07, 6.45) is 2.79. The lowest BCUT2D eigenvalue weighted by Gasteiger charge is -2.22. The summed E-state index contributed by atoms with van der Waals surface area (Å²) in [7, 11) is -3.52. The van der Waals surface area contributed by atoms with Crippen LogP contribution in [0.2, 0.25) is 0 Å². The highest BCUT2D eigenvalue weighted by atomic mass is 79.9. The molecule has 1 amide bonds. The molecule has 1 N–H and O–H groups in total. The fourth-order valence-corrected chi connectivity index (χ4v) is 5.21. The number of halogens is 1. The van der Waals surface area contributed by atoms with Gasteiger partial charge in [-0.25, -0.2) is 13.8 Å². The number of sulfonamides is 1. The van der Waals surface area contributed by atoms with Gasteiger partial charge in [0, 0.05) is 32.7 Å². The minimum absolute atomic E-state index is 0.203. The summed E-state index contributed by atoms with van der Waals surface area (Å²) in [6.45, 7) is 4.22. The van der Waals surface area contributed by atoms with Crippen LogP contribution in [0.25, 0.3) is 5.69 Å². The Hall–Kier alpha value is -3.69. The summed E-state index contributed by atoms with van der Waals surface area (Å²) in [5.41, 5.74) is 8.25. The highest BCUT2D eigenvalue weighted by Crippen LogP contribution is 2.23. The van der Waals surface area contributed by atoms with Crippen molar-refractivity contribution in [3.8, 4) is 5.69 Å². The number of anilines is 1. The second-order valence-electron chi connectivity index (χ2n) is 8.64. The summed E-state index contributed by atoms with van der Waals surface area (Å²) in [4.78, 5) is 12.6. The van der Waals surface area contributed by atoms with Crippen LogP contribution >= 0.6 is 15.9 Å². The van der Waals surface area contributed by atoms with Crippen LogP contribution in [0, 0.1) is 13.8 Å². The van der Waals surface area contributed by atoms with Crippen LogP contribution in [-0.2, 0) is 16.6 Å². The molecule has 1 aromatic heterocycles. The van der Waals surface area contributed by atoms with Crippen molar-refractivity contribution in [1.29, 1.82) is 0 Å². The Balaban J connectivity index is 1.46. The second kappa shape index (κ2) is 11.1. The van der Waals surface area contributed by atoms with Gasteiger partial charge < -0.3 is 4.57 Å². The molecule has 0 aliphatic rings. The third kappa shape index (κ3) is 6.36. The second-order valence-corrected chi connectivity index (χ2v) is 11.5.